The highest BCUT2D eigenvalue weighted by Crippen LogP contribution is 2.46. The van der Waals surface area contributed by atoms with Gasteiger partial charge >= 0.3 is 0 Å². The SMILES string of the molecule is CCCCCCCCCCCCN([SiH3])C(C)(C)CC(c1ccccc1)(c1ccccc1)c1ccccc1. The lowest BCUT2D eigenvalue weighted by atomic mass is 9.63. The first kappa shape index (κ1) is 29.4. The van der Waals surface area contributed by atoms with Gasteiger partial charge in [-0.15, -0.1) is 0 Å². The van der Waals surface area contributed by atoms with Gasteiger partial charge in [-0.25, -0.2) is 0 Å². The standard InChI is InChI=1S/C35H51NSi/c1-4-5-6-7-8-9-10-11-12-22-29-36(37)34(2,3)30-35(31-23-16-13-17-24-31,32-25-18-14-19-26-32)33-27-20-15-21-28-33/h13-21,23-28H,4-12,22,29-30H2,1-3,37H3. The molecular formula is C35H51NSi. The Hall–Kier alpha value is -2.16. The highest BCUT2D eigenvalue weighted by atomic mass is 28.2. The van der Waals surface area contributed by atoms with E-state index in [-0.39, 0.29) is 11.0 Å². The third kappa shape index (κ3) is 8.42. The lowest BCUT2D eigenvalue weighted by molar-refractivity contribution is 0.192. The van der Waals surface area contributed by atoms with Crippen molar-refractivity contribution in [1.82, 2.24) is 4.57 Å². The molecule has 3 aromatic carbocycles. The lowest BCUT2D eigenvalue weighted by Gasteiger charge is -2.46. The van der Waals surface area contributed by atoms with Crippen molar-refractivity contribution < 1.29 is 0 Å². The third-order valence-electron chi connectivity index (χ3n) is 8.38. The fourth-order valence-electron chi connectivity index (χ4n) is 5.90. The maximum atomic E-state index is 2.75. The van der Waals surface area contributed by atoms with E-state index in [4.69, 9.17) is 0 Å². The molecule has 0 N–H and O–H groups in total. The van der Waals surface area contributed by atoms with E-state index >= 15 is 0 Å². The second-order valence-corrected chi connectivity index (χ2v) is 12.7. The summed E-state index contributed by atoms with van der Waals surface area (Å²) in [5.74, 6) is 0. The van der Waals surface area contributed by atoms with Crippen LogP contribution in [0.25, 0.3) is 0 Å². The zero-order valence-corrected chi connectivity index (χ0v) is 26.1. The molecule has 0 amide bonds. The van der Waals surface area contributed by atoms with Gasteiger partial charge in [-0.2, -0.15) is 0 Å². The molecule has 0 aromatic heterocycles. The molecule has 0 fully saturated rings. The van der Waals surface area contributed by atoms with Gasteiger partial charge in [0.05, 0.1) is 10.4 Å². The number of nitrogens with zero attached hydrogens (tertiary/aromatic N) is 1. The van der Waals surface area contributed by atoms with Crippen molar-refractivity contribution in [3.8, 4) is 0 Å². The van der Waals surface area contributed by atoms with Crippen LogP contribution >= 0.6 is 0 Å². The predicted octanol–water partition coefficient (Wildman–Crippen LogP) is 8.69. The van der Waals surface area contributed by atoms with Crippen LogP contribution in [0, 0.1) is 0 Å². The van der Waals surface area contributed by atoms with Crippen molar-refractivity contribution in [1.29, 1.82) is 0 Å². The number of benzene rings is 3. The maximum absolute atomic E-state index is 2.75. The van der Waals surface area contributed by atoms with Crippen molar-refractivity contribution in [2.45, 2.75) is 102 Å². The molecule has 0 radical (unpaired) electrons. The molecule has 0 saturated heterocycles. The molecule has 0 heterocycles. The molecule has 37 heavy (non-hydrogen) atoms. The van der Waals surface area contributed by atoms with E-state index in [1.54, 1.807) is 0 Å². The van der Waals surface area contributed by atoms with E-state index in [9.17, 15) is 0 Å². The van der Waals surface area contributed by atoms with Crippen LogP contribution in [0.2, 0.25) is 0 Å². The largest absolute Gasteiger partial charge is 0.327 e. The third-order valence-corrected chi connectivity index (χ3v) is 10.0. The molecule has 0 bridgehead atoms. The van der Waals surface area contributed by atoms with Gasteiger partial charge in [0.25, 0.3) is 0 Å². The second-order valence-electron chi connectivity index (χ2n) is 11.6. The topological polar surface area (TPSA) is 3.24 Å². The summed E-state index contributed by atoms with van der Waals surface area (Å²) in [5, 5.41) is 0. The van der Waals surface area contributed by atoms with Crippen molar-refractivity contribution >= 4 is 10.4 Å². The average Bonchev–Trinajstić information content (AvgIpc) is 2.94. The quantitative estimate of drug-likeness (QED) is 0.0991. The molecule has 1 nitrogen and oxygen atoms in total. The van der Waals surface area contributed by atoms with Gasteiger partial charge in [-0.3, -0.25) is 0 Å². The maximum Gasteiger partial charge on any atom is 0.0791 e. The molecule has 3 rings (SSSR count). The lowest BCUT2D eigenvalue weighted by Crippen LogP contribution is -2.48. The Balaban J connectivity index is 1.71. The molecule has 0 unspecified atom stereocenters. The minimum Gasteiger partial charge on any atom is -0.327 e. The molecule has 0 spiro atoms. The number of hydrogen-bond donors (Lipinski definition) is 0. The van der Waals surface area contributed by atoms with E-state index in [2.05, 4.69) is 116 Å². The highest BCUT2D eigenvalue weighted by Gasteiger charge is 2.42. The minimum atomic E-state index is -0.187. The monoisotopic (exact) mass is 513 g/mol. The molecule has 3 aromatic rings. The second kappa shape index (κ2) is 15.3. The Bertz CT molecular complexity index is 887. The van der Waals surface area contributed by atoms with E-state index in [0.717, 1.165) is 16.8 Å². The predicted molar refractivity (Wildman–Crippen MR) is 166 cm³/mol. The fraction of sp³-hybridized carbons (Fsp3) is 0.486. The van der Waals surface area contributed by atoms with Crippen LogP contribution in [-0.2, 0) is 5.41 Å². The van der Waals surface area contributed by atoms with E-state index in [0.29, 0.717) is 0 Å². The molecule has 0 atom stereocenters. The first-order valence-electron chi connectivity index (χ1n) is 14.9. The summed E-state index contributed by atoms with van der Waals surface area (Å²) in [4.78, 5) is 0. The fourth-order valence-corrected chi connectivity index (χ4v) is 6.37. The summed E-state index contributed by atoms with van der Waals surface area (Å²) in [6.07, 6.45) is 15.0. The molecule has 2 heteroatoms. The van der Waals surface area contributed by atoms with Gasteiger partial charge in [0, 0.05) is 11.0 Å². The summed E-state index contributed by atoms with van der Waals surface area (Å²) < 4.78 is 2.75. The summed E-state index contributed by atoms with van der Waals surface area (Å²) in [5.41, 5.74) is 4.05. The van der Waals surface area contributed by atoms with E-state index in [1.165, 1.54) is 87.4 Å². The van der Waals surface area contributed by atoms with Crippen molar-refractivity contribution in [2.24, 2.45) is 0 Å². The molecule has 0 aliphatic heterocycles. The Kier molecular flexibility index (Phi) is 12.2. The Morgan fingerprint density at radius 1 is 0.541 bits per heavy atom. The minimum absolute atomic E-state index is 0.0903. The molecular weight excluding hydrogens is 462 g/mol. The van der Waals surface area contributed by atoms with Crippen LogP contribution in [-0.4, -0.2) is 27.1 Å². The van der Waals surface area contributed by atoms with E-state index in [1.807, 2.05) is 0 Å². The van der Waals surface area contributed by atoms with Gasteiger partial charge in [0.2, 0.25) is 0 Å². The molecule has 0 aliphatic rings. The first-order chi connectivity index (χ1) is 18.0. The number of hydrogen-bond acceptors (Lipinski definition) is 1. The summed E-state index contributed by atoms with van der Waals surface area (Å²) >= 11 is 0. The Labute approximate surface area is 231 Å². The van der Waals surface area contributed by atoms with Gasteiger partial charge in [-0.05, 0) is 49.9 Å². The Morgan fingerprint density at radius 3 is 1.27 bits per heavy atom. The normalized spacial score (nSPS) is 12.3. The summed E-state index contributed by atoms with van der Waals surface area (Å²) in [7, 11) is 1.08. The Morgan fingerprint density at radius 2 is 0.892 bits per heavy atom. The molecule has 0 saturated carbocycles. The van der Waals surface area contributed by atoms with Gasteiger partial charge in [0.15, 0.2) is 0 Å². The van der Waals surface area contributed by atoms with Crippen LogP contribution in [0.5, 0.6) is 0 Å². The van der Waals surface area contributed by atoms with Crippen molar-refractivity contribution in [3.05, 3.63) is 108 Å². The number of rotatable bonds is 17. The van der Waals surface area contributed by atoms with E-state index < -0.39 is 0 Å². The molecule has 200 valence electrons. The first-order valence-corrected chi connectivity index (χ1v) is 15.8. The highest BCUT2D eigenvalue weighted by molar-refractivity contribution is 6.04. The van der Waals surface area contributed by atoms with Crippen LogP contribution < -0.4 is 0 Å². The molecule has 0 aliphatic carbocycles. The van der Waals surface area contributed by atoms with Crippen LogP contribution in [0.1, 0.15) is 108 Å². The zero-order valence-electron chi connectivity index (χ0n) is 24.1. The van der Waals surface area contributed by atoms with Gasteiger partial charge < -0.3 is 4.57 Å². The van der Waals surface area contributed by atoms with Gasteiger partial charge in [-0.1, -0.05) is 156 Å². The van der Waals surface area contributed by atoms with Crippen molar-refractivity contribution in [2.75, 3.05) is 6.54 Å². The smallest absolute Gasteiger partial charge is 0.0791 e. The number of unbranched alkanes of at least 4 members (excludes halogenated alkanes) is 9. The average molecular weight is 514 g/mol. The van der Waals surface area contributed by atoms with Gasteiger partial charge in [0.1, 0.15) is 0 Å². The summed E-state index contributed by atoms with van der Waals surface area (Å²) in [6.45, 7) is 8.45. The van der Waals surface area contributed by atoms with Crippen LogP contribution in [0.15, 0.2) is 91.0 Å². The van der Waals surface area contributed by atoms with Crippen LogP contribution in [0.4, 0.5) is 0 Å². The zero-order chi connectivity index (χ0) is 26.4. The van der Waals surface area contributed by atoms with Crippen LogP contribution in [0.3, 0.4) is 0 Å². The summed E-state index contributed by atoms with van der Waals surface area (Å²) in [6, 6.07) is 33.6. The van der Waals surface area contributed by atoms with Crippen molar-refractivity contribution in [3.63, 3.8) is 0 Å².